The maximum absolute atomic E-state index is 6.44. The van der Waals surface area contributed by atoms with Crippen molar-refractivity contribution in [1.29, 1.82) is 0 Å². The van der Waals surface area contributed by atoms with Crippen molar-refractivity contribution in [2.24, 2.45) is 5.92 Å². The summed E-state index contributed by atoms with van der Waals surface area (Å²) in [5.74, 6) is 1.65. The predicted octanol–water partition coefficient (Wildman–Crippen LogP) is 3.93. The highest BCUT2D eigenvalue weighted by Gasteiger charge is 2.23. The molecule has 0 aliphatic carbocycles. The van der Waals surface area contributed by atoms with Crippen molar-refractivity contribution in [3.63, 3.8) is 0 Å². The van der Waals surface area contributed by atoms with Crippen LogP contribution in [0.15, 0.2) is 18.2 Å². The number of ether oxygens (including phenoxy) is 1. The largest absolute Gasteiger partial charge is 0.488 e. The van der Waals surface area contributed by atoms with Gasteiger partial charge >= 0.3 is 0 Å². The number of hydrogen-bond acceptors (Lipinski definition) is 2. The second-order valence-electron chi connectivity index (χ2n) is 5.81. The number of halogens is 1. The quantitative estimate of drug-likeness (QED) is 0.770. The van der Waals surface area contributed by atoms with Gasteiger partial charge < -0.3 is 10.1 Å². The Morgan fingerprint density at radius 3 is 2.80 bits per heavy atom. The third-order valence-corrected chi connectivity index (χ3v) is 4.74. The molecule has 0 spiro atoms. The number of rotatable bonds is 7. The van der Waals surface area contributed by atoms with E-state index in [4.69, 9.17) is 16.3 Å². The normalized spacial score (nSPS) is 18.9. The summed E-state index contributed by atoms with van der Waals surface area (Å²) in [5.41, 5.74) is 2.63. The fourth-order valence-electron chi connectivity index (χ4n) is 2.91. The number of hydrogen-bond donors (Lipinski definition) is 1. The van der Waals surface area contributed by atoms with Gasteiger partial charge in [-0.1, -0.05) is 44.4 Å². The van der Waals surface area contributed by atoms with Gasteiger partial charge in [-0.3, -0.25) is 0 Å². The molecule has 1 N–H and O–H groups in total. The summed E-state index contributed by atoms with van der Waals surface area (Å²) in [6.45, 7) is 8.28. The summed E-state index contributed by atoms with van der Waals surface area (Å²) in [7, 11) is 0. The SMILES string of the molecule is CCC(CC)C(Cl)CNCC1Cc2cc(C)ccc2O1. The van der Waals surface area contributed by atoms with E-state index in [-0.39, 0.29) is 11.5 Å². The van der Waals surface area contributed by atoms with Crippen molar-refractivity contribution in [2.75, 3.05) is 13.1 Å². The molecule has 1 aromatic carbocycles. The third-order valence-electron chi connectivity index (χ3n) is 4.23. The Hall–Kier alpha value is -0.730. The van der Waals surface area contributed by atoms with Crippen LogP contribution in [0.25, 0.3) is 0 Å². The summed E-state index contributed by atoms with van der Waals surface area (Å²) in [6.07, 6.45) is 3.55. The molecule has 0 saturated heterocycles. The molecular weight excluding hydrogens is 270 g/mol. The molecule has 2 atom stereocenters. The van der Waals surface area contributed by atoms with Crippen LogP contribution >= 0.6 is 11.6 Å². The molecule has 0 radical (unpaired) electrons. The van der Waals surface area contributed by atoms with Gasteiger partial charge in [0.05, 0.1) is 0 Å². The third kappa shape index (κ3) is 3.89. The molecule has 1 aliphatic rings. The Labute approximate surface area is 127 Å². The second kappa shape index (κ2) is 7.33. The molecule has 3 heteroatoms. The van der Waals surface area contributed by atoms with Crippen LogP contribution in [-0.2, 0) is 6.42 Å². The fourth-order valence-corrected chi connectivity index (χ4v) is 3.38. The van der Waals surface area contributed by atoms with Crippen LogP contribution in [0, 0.1) is 12.8 Å². The fraction of sp³-hybridized carbons (Fsp3) is 0.647. The molecule has 2 unspecified atom stereocenters. The van der Waals surface area contributed by atoms with Crippen LogP contribution in [-0.4, -0.2) is 24.6 Å². The number of fused-ring (bicyclic) bond motifs is 1. The standard InChI is InChI=1S/C17H26ClNO/c1-4-13(5-2)16(18)11-19-10-15-9-14-8-12(3)6-7-17(14)20-15/h6-8,13,15-16,19H,4-5,9-11H2,1-3H3. The topological polar surface area (TPSA) is 21.3 Å². The smallest absolute Gasteiger partial charge is 0.123 e. The summed E-state index contributed by atoms with van der Waals surface area (Å²) < 4.78 is 5.95. The Morgan fingerprint density at radius 1 is 1.35 bits per heavy atom. The molecule has 0 amide bonds. The van der Waals surface area contributed by atoms with Crippen LogP contribution in [0.1, 0.15) is 37.8 Å². The zero-order chi connectivity index (χ0) is 14.5. The molecule has 112 valence electrons. The van der Waals surface area contributed by atoms with Gasteiger partial charge in [0.15, 0.2) is 0 Å². The average Bonchev–Trinajstić information content (AvgIpc) is 2.82. The lowest BCUT2D eigenvalue weighted by atomic mass is 9.99. The van der Waals surface area contributed by atoms with E-state index in [0.29, 0.717) is 5.92 Å². The van der Waals surface area contributed by atoms with E-state index >= 15 is 0 Å². The van der Waals surface area contributed by atoms with Crippen LogP contribution in [0.3, 0.4) is 0 Å². The Morgan fingerprint density at radius 2 is 2.10 bits per heavy atom. The summed E-state index contributed by atoms with van der Waals surface area (Å²) in [5, 5.41) is 3.69. The maximum atomic E-state index is 6.44. The predicted molar refractivity (Wildman–Crippen MR) is 85.9 cm³/mol. The minimum absolute atomic E-state index is 0.219. The van der Waals surface area contributed by atoms with E-state index in [0.717, 1.165) is 38.1 Å². The van der Waals surface area contributed by atoms with Gasteiger partial charge in [0.1, 0.15) is 11.9 Å². The van der Waals surface area contributed by atoms with Gasteiger partial charge in [-0.2, -0.15) is 0 Å². The molecule has 20 heavy (non-hydrogen) atoms. The second-order valence-corrected chi connectivity index (χ2v) is 6.37. The monoisotopic (exact) mass is 295 g/mol. The van der Waals surface area contributed by atoms with Crippen LogP contribution in [0.2, 0.25) is 0 Å². The molecule has 1 aromatic rings. The molecule has 1 heterocycles. The highest BCUT2D eigenvalue weighted by molar-refractivity contribution is 6.21. The highest BCUT2D eigenvalue weighted by atomic mass is 35.5. The van der Waals surface area contributed by atoms with Crippen molar-refractivity contribution >= 4 is 11.6 Å². The number of aryl methyl sites for hydroxylation is 1. The molecule has 0 fully saturated rings. The number of nitrogens with one attached hydrogen (secondary N) is 1. The maximum Gasteiger partial charge on any atom is 0.123 e. The van der Waals surface area contributed by atoms with E-state index < -0.39 is 0 Å². The zero-order valence-electron chi connectivity index (χ0n) is 12.8. The first-order valence-corrected chi connectivity index (χ1v) is 8.18. The van der Waals surface area contributed by atoms with Crippen LogP contribution < -0.4 is 10.1 Å². The number of benzene rings is 1. The van der Waals surface area contributed by atoms with Gasteiger partial charge in [-0.25, -0.2) is 0 Å². The number of alkyl halides is 1. The average molecular weight is 296 g/mol. The first-order valence-electron chi connectivity index (χ1n) is 7.75. The first kappa shape index (κ1) is 15.7. The van der Waals surface area contributed by atoms with Gasteiger partial charge in [-0.05, 0) is 24.5 Å². The summed E-state index contributed by atoms with van der Waals surface area (Å²) >= 11 is 6.44. The minimum atomic E-state index is 0.219. The van der Waals surface area contributed by atoms with Crippen molar-refractivity contribution in [2.45, 2.75) is 51.5 Å². The van der Waals surface area contributed by atoms with E-state index in [1.165, 1.54) is 11.1 Å². The summed E-state index contributed by atoms with van der Waals surface area (Å²) in [6, 6.07) is 6.42. The van der Waals surface area contributed by atoms with E-state index in [1.807, 2.05) is 0 Å². The van der Waals surface area contributed by atoms with Crippen molar-refractivity contribution in [1.82, 2.24) is 5.32 Å². The van der Waals surface area contributed by atoms with Gasteiger partial charge in [0, 0.05) is 24.9 Å². The first-order chi connectivity index (χ1) is 9.63. The molecule has 2 rings (SSSR count). The van der Waals surface area contributed by atoms with Gasteiger partial charge in [0.2, 0.25) is 0 Å². The lowest BCUT2D eigenvalue weighted by Crippen LogP contribution is -2.35. The Bertz CT molecular complexity index is 431. The van der Waals surface area contributed by atoms with Crippen LogP contribution in [0.4, 0.5) is 0 Å². The lowest BCUT2D eigenvalue weighted by molar-refractivity contribution is 0.226. The van der Waals surface area contributed by atoms with Crippen LogP contribution in [0.5, 0.6) is 5.75 Å². The highest BCUT2D eigenvalue weighted by Crippen LogP contribution is 2.29. The van der Waals surface area contributed by atoms with Crippen molar-refractivity contribution in [3.05, 3.63) is 29.3 Å². The van der Waals surface area contributed by atoms with Gasteiger partial charge in [0.25, 0.3) is 0 Å². The van der Waals surface area contributed by atoms with Crippen molar-refractivity contribution < 1.29 is 4.74 Å². The molecule has 1 aliphatic heterocycles. The Balaban J connectivity index is 1.75. The molecule has 0 saturated carbocycles. The minimum Gasteiger partial charge on any atom is -0.488 e. The van der Waals surface area contributed by atoms with E-state index in [9.17, 15) is 0 Å². The molecule has 2 nitrogen and oxygen atoms in total. The van der Waals surface area contributed by atoms with Gasteiger partial charge in [-0.15, -0.1) is 11.6 Å². The zero-order valence-corrected chi connectivity index (χ0v) is 13.5. The molecule has 0 aromatic heterocycles. The Kier molecular flexibility index (Phi) is 5.74. The van der Waals surface area contributed by atoms with E-state index in [1.54, 1.807) is 0 Å². The van der Waals surface area contributed by atoms with E-state index in [2.05, 4.69) is 44.3 Å². The van der Waals surface area contributed by atoms with Crippen molar-refractivity contribution in [3.8, 4) is 5.75 Å². The molecule has 0 bridgehead atoms. The lowest BCUT2D eigenvalue weighted by Gasteiger charge is -2.20. The summed E-state index contributed by atoms with van der Waals surface area (Å²) in [4.78, 5) is 0. The molecular formula is C17H26ClNO.